The van der Waals surface area contributed by atoms with E-state index in [2.05, 4.69) is 5.16 Å². The molecule has 6 nitrogen and oxygen atoms in total. The van der Waals surface area contributed by atoms with E-state index in [0.29, 0.717) is 29.0 Å². The molecule has 3 aromatic rings. The fourth-order valence-electron chi connectivity index (χ4n) is 3.78. The summed E-state index contributed by atoms with van der Waals surface area (Å²) in [5, 5.41) is 4.24. The van der Waals surface area contributed by atoms with Gasteiger partial charge in [-0.3, -0.25) is 4.79 Å². The molecule has 1 heterocycles. The van der Waals surface area contributed by atoms with Gasteiger partial charge in [-0.05, 0) is 42.5 Å². The number of oxime groups is 1. The maximum Gasteiger partial charge on any atom is 0.254 e. The highest BCUT2D eigenvalue weighted by Gasteiger charge is 2.29. The molecule has 0 bridgehead atoms. The highest BCUT2D eigenvalue weighted by molar-refractivity contribution is 6.03. The molecule has 0 N–H and O–H groups in total. The van der Waals surface area contributed by atoms with Gasteiger partial charge >= 0.3 is 0 Å². The van der Waals surface area contributed by atoms with Crippen LogP contribution >= 0.6 is 0 Å². The number of carbonyl (C=O) groups is 1. The van der Waals surface area contributed by atoms with Crippen molar-refractivity contribution in [2.45, 2.75) is 19.1 Å². The molecule has 33 heavy (non-hydrogen) atoms. The van der Waals surface area contributed by atoms with Crippen LogP contribution in [0.25, 0.3) is 0 Å². The van der Waals surface area contributed by atoms with Crippen molar-refractivity contribution < 1.29 is 23.5 Å². The van der Waals surface area contributed by atoms with Crippen molar-refractivity contribution in [2.24, 2.45) is 5.16 Å². The van der Waals surface area contributed by atoms with E-state index in [9.17, 15) is 9.18 Å². The second-order valence-corrected chi connectivity index (χ2v) is 7.68. The fraction of sp³-hybridized carbons (Fsp3) is 0.231. The molecule has 3 aromatic carbocycles. The van der Waals surface area contributed by atoms with Gasteiger partial charge in [0.2, 0.25) is 0 Å². The van der Waals surface area contributed by atoms with Gasteiger partial charge in [0.1, 0.15) is 17.3 Å². The Balaban J connectivity index is 1.53. The predicted octanol–water partition coefficient (Wildman–Crippen LogP) is 4.68. The largest absolute Gasteiger partial charge is 0.497 e. The first-order valence-corrected chi connectivity index (χ1v) is 10.6. The lowest BCUT2D eigenvalue weighted by molar-refractivity contribution is 0.0403. The lowest BCUT2D eigenvalue weighted by Crippen LogP contribution is -2.37. The van der Waals surface area contributed by atoms with E-state index in [1.165, 1.54) is 6.07 Å². The number of para-hydroxylation sites is 1. The summed E-state index contributed by atoms with van der Waals surface area (Å²) >= 11 is 0. The van der Waals surface area contributed by atoms with Crippen molar-refractivity contribution in [3.05, 3.63) is 95.3 Å². The van der Waals surface area contributed by atoms with Gasteiger partial charge in [-0.25, -0.2) is 4.39 Å². The summed E-state index contributed by atoms with van der Waals surface area (Å²) in [6.45, 7) is 0.364. The van der Waals surface area contributed by atoms with Crippen LogP contribution in [0, 0.1) is 5.82 Å². The third-order valence-corrected chi connectivity index (χ3v) is 5.52. The molecular weight excluding hydrogens is 423 g/mol. The lowest BCUT2D eigenvalue weighted by atomic mass is 10.0. The van der Waals surface area contributed by atoms with Gasteiger partial charge in [-0.15, -0.1) is 0 Å². The average molecular weight is 448 g/mol. The molecule has 1 aliphatic heterocycles. The van der Waals surface area contributed by atoms with Crippen LogP contribution < -0.4 is 9.47 Å². The van der Waals surface area contributed by atoms with Gasteiger partial charge in [0.25, 0.3) is 5.91 Å². The minimum absolute atomic E-state index is 0.112. The normalized spacial score (nSPS) is 14.9. The third-order valence-electron chi connectivity index (χ3n) is 5.52. The Morgan fingerprint density at radius 1 is 1.03 bits per heavy atom. The Bertz CT molecular complexity index is 1150. The highest BCUT2D eigenvalue weighted by Crippen LogP contribution is 2.26. The first-order valence-electron chi connectivity index (χ1n) is 10.6. The van der Waals surface area contributed by atoms with Crippen molar-refractivity contribution in [3.8, 4) is 11.5 Å². The molecule has 4 rings (SSSR count). The van der Waals surface area contributed by atoms with Crippen molar-refractivity contribution in [3.63, 3.8) is 0 Å². The smallest absolute Gasteiger partial charge is 0.254 e. The molecule has 0 spiro atoms. The number of methoxy groups -OCH3 is 2. The van der Waals surface area contributed by atoms with E-state index in [-0.39, 0.29) is 30.9 Å². The van der Waals surface area contributed by atoms with E-state index in [0.717, 1.165) is 11.3 Å². The predicted molar refractivity (Wildman–Crippen MR) is 123 cm³/mol. The second-order valence-electron chi connectivity index (χ2n) is 7.68. The minimum Gasteiger partial charge on any atom is -0.497 e. The van der Waals surface area contributed by atoms with Crippen molar-refractivity contribution in [2.75, 3.05) is 20.8 Å². The van der Waals surface area contributed by atoms with Crippen LogP contribution in [-0.2, 0) is 11.4 Å². The molecule has 0 radical (unpaired) electrons. The number of carbonyl (C=O) groups excluding carboxylic acids is 1. The third kappa shape index (κ3) is 5.14. The van der Waals surface area contributed by atoms with Crippen molar-refractivity contribution in [1.29, 1.82) is 0 Å². The van der Waals surface area contributed by atoms with E-state index in [4.69, 9.17) is 14.3 Å². The Morgan fingerprint density at radius 3 is 2.48 bits per heavy atom. The molecule has 170 valence electrons. The van der Waals surface area contributed by atoms with Gasteiger partial charge in [0.05, 0.1) is 26.5 Å². The van der Waals surface area contributed by atoms with E-state index in [1.807, 2.05) is 24.3 Å². The molecule has 0 saturated heterocycles. The second kappa shape index (κ2) is 10.2. The molecule has 1 aliphatic rings. The van der Waals surface area contributed by atoms with Crippen LogP contribution in [0.15, 0.2) is 78.0 Å². The van der Waals surface area contributed by atoms with Gasteiger partial charge in [-0.2, -0.15) is 0 Å². The molecule has 7 heteroatoms. The standard InChI is InChI=1S/C26H25FN2O4/c1-31-20-13-11-18(12-14-20)26(30)29(16-19-7-3-5-9-23(19)27)17-21-15-24(28-33-21)22-8-4-6-10-25(22)32-2/h3-14,21H,15-17H2,1-2H3. The summed E-state index contributed by atoms with van der Waals surface area (Å²) in [7, 11) is 3.18. The summed E-state index contributed by atoms with van der Waals surface area (Å²) < 4.78 is 25.0. The van der Waals surface area contributed by atoms with Crippen LogP contribution in [0.1, 0.15) is 27.9 Å². The summed E-state index contributed by atoms with van der Waals surface area (Å²) in [6.07, 6.45) is 0.142. The molecule has 1 atom stereocenters. The maximum absolute atomic E-state index is 14.4. The zero-order chi connectivity index (χ0) is 23.2. The van der Waals surface area contributed by atoms with Crippen LogP contribution in [0.2, 0.25) is 0 Å². The lowest BCUT2D eigenvalue weighted by Gasteiger charge is -2.25. The van der Waals surface area contributed by atoms with Gasteiger partial charge in [-0.1, -0.05) is 35.5 Å². The van der Waals surface area contributed by atoms with E-state index in [1.54, 1.807) is 61.6 Å². The summed E-state index contributed by atoms with van der Waals surface area (Å²) in [5.74, 6) is 0.776. The fourth-order valence-corrected chi connectivity index (χ4v) is 3.78. The number of ether oxygens (including phenoxy) is 2. The maximum atomic E-state index is 14.4. The molecule has 0 aliphatic carbocycles. The zero-order valence-electron chi connectivity index (χ0n) is 18.5. The Morgan fingerprint density at radius 2 is 1.76 bits per heavy atom. The summed E-state index contributed by atoms with van der Waals surface area (Å²) in [5.41, 5.74) is 2.52. The van der Waals surface area contributed by atoms with Gasteiger partial charge in [0, 0.05) is 29.7 Å². The average Bonchev–Trinajstić information content (AvgIpc) is 3.33. The number of hydrogen-bond acceptors (Lipinski definition) is 5. The SMILES string of the molecule is COc1ccc(C(=O)N(Cc2ccccc2F)CC2CC(c3ccccc3OC)=NO2)cc1. The van der Waals surface area contributed by atoms with Gasteiger partial charge in [0.15, 0.2) is 6.10 Å². The molecule has 1 amide bonds. The first-order chi connectivity index (χ1) is 16.1. The van der Waals surface area contributed by atoms with Crippen LogP contribution in [-0.4, -0.2) is 43.4 Å². The number of benzene rings is 3. The van der Waals surface area contributed by atoms with Crippen molar-refractivity contribution in [1.82, 2.24) is 4.90 Å². The summed E-state index contributed by atoms with van der Waals surface area (Å²) in [6, 6.07) is 20.9. The first kappa shape index (κ1) is 22.3. The number of halogens is 1. The zero-order valence-corrected chi connectivity index (χ0v) is 18.5. The number of nitrogens with zero attached hydrogens (tertiary/aromatic N) is 2. The monoisotopic (exact) mass is 448 g/mol. The number of rotatable bonds is 8. The van der Waals surface area contributed by atoms with E-state index >= 15 is 0 Å². The van der Waals surface area contributed by atoms with Crippen LogP contribution in [0.3, 0.4) is 0 Å². The quantitative estimate of drug-likeness (QED) is 0.502. The Labute approximate surface area is 192 Å². The number of amides is 1. The number of hydrogen-bond donors (Lipinski definition) is 0. The summed E-state index contributed by atoms with van der Waals surface area (Å²) in [4.78, 5) is 20.6. The van der Waals surface area contributed by atoms with Crippen LogP contribution in [0.5, 0.6) is 11.5 Å². The van der Waals surface area contributed by atoms with Crippen LogP contribution in [0.4, 0.5) is 4.39 Å². The molecule has 1 unspecified atom stereocenters. The Hall–Kier alpha value is -3.87. The molecule has 0 saturated carbocycles. The molecular formula is C26H25FN2O4. The molecule has 0 aromatic heterocycles. The minimum atomic E-state index is -0.362. The molecule has 0 fully saturated rings. The topological polar surface area (TPSA) is 60.4 Å². The van der Waals surface area contributed by atoms with E-state index < -0.39 is 0 Å². The Kier molecular flexibility index (Phi) is 6.88. The van der Waals surface area contributed by atoms with Crippen molar-refractivity contribution >= 4 is 11.6 Å². The highest BCUT2D eigenvalue weighted by atomic mass is 19.1. The van der Waals surface area contributed by atoms with Gasteiger partial charge < -0.3 is 19.2 Å².